The number of ether oxygens (including phenoxy) is 1. The van der Waals surface area contributed by atoms with Crippen LogP contribution in [-0.4, -0.2) is 9.97 Å². The zero-order valence-corrected chi connectivity index (χ0v) is 24.9. The van der Waals surface area contributed by atoms with Crippen molar-refractivity contribution in [2.24, 2.45) is 0 Å². The van der Waals surface area contributed by atoms with Crippen molar-refractivity contribution in [3.05, 3.63) is 167 Å². The van der Waals surface area contributed by atoms with Crippen molar-refractivity contribution in [1.82, 2.24) is 9.97 Å². The Morgan fingerprint density at radius 3 is 1.49 bits per heavy atom. The molecule has 0 saturated carbocycles. The summed E-state index contributed by atoms with van der Waals surface area (Å²) in [5.41, 5.74) is 8.88. The fourth-order valence-electron chi connectivity index (χ4n) is 5.69. The number of pyridine rings is 2. The summed E-state index contributed by atoms with van der Waals surface area (Å²) in [6.07, 6.45) is 0. The molecule has 1 aliphatic rings. The third-order valence-corrected chi connectivity index (χ3v) is 7.53. The first kappa shape index (κ1) is 26.9. The predicted molar refractivity (Wildman–Crippen MR) is 158 cm³/mol. The van der Waals surface area contributed by atoms with E-state index < -0.39 is 5.41 Å². The van der Waals surface area contributed by atoms with Gasteiger partial charge in [0, 0.05) is 11.1 Å². The Balaban J connectivity index is 0.00000302. The molecule has 41 heavy (non-hydrogen) atoms. The standard InChI is InChI=1S/C37H26N2O.Pt/c1-25-19-21-33-29(23-25)37(30-24-26(2)20-22-34(30)40-33,35-17-9-15-31(38-35)27-11-5-3-6-12-27)36-18-10-16-32(39-36)28-13-7-4-8-14-28;/h3-11,13,15-24H,1-2H3;/q-2;+2. The molecule has 4 aromatic carbocycles. The zero-order valence-electron chi connectivity index (χ0n) is 22.7. The minimum atomic E-state index is -0.823. The van der Waals surface area contributed by atoms with Gasteiger partial charge in [0.1, 0.15) is 16.9 Å². The first-order valence-electron chi connectivity index (χ1n) is 13.4. The van der Waals surface area contributed by atoms with Crippen molar-refractivity contribution < 1.29 is 25.8 Å². The van der Waals surface area contributed by atoms with Gasteiger partial charge in [-0.2, -0.15) is 0 Å². The second-order valence-corrected chi connectivity index (χ2v) is 10.2. The molecule has 0 fully saturated rings. The quantitative estimate of drug-likeness (QED) is 0.172. The van der Waals surface area contributed by atoms with Gasteiger partial charge in [0.2, 0.25) is 0 Å². The minimum Gasteiger partial charge on any atom is -0.457 e. The average Bonchev–Trinajstić information content (AvgIpc) is 3.01. The van der Waals surface area contributed by atoms with Gasteiger partial charge in [-0.05, 0) is 49.5 Å². The molecule has 7 rings (SSSR count). The van der Waals surface area contributed by atoms with E-state index in [1.807, 2.05) is 60.7 Å². The van der Waals surface area contributed by atoms with E-state index in [0.717, 1.165) is 67.7 Å². The van der Waals surface area contributed by atoms with Crippen molar-refractivity contribution in [1.29, 1.82) is 0 Å². The predicted octanol–water partition coefficient (Wildman–Crippen LogP) is 8.51. The summed E-state index contributed by atoms with van der Waals surface area (Å²) < 4.78 is 6.55. The molecule has 0 radical (unpaired) electrons. The molecule has 200 valence electrons. The van der Waals surface area contributed by atoms with Gasteiger partial charge < -0.3 is 4.74 Å². The summed E-state index contributed by atoms with van der Waals surface area (Å²) >= 11 is 0. The molecule has 0 saturated heterocycles. The van der Waals surface area contributed by atoms with Crippen LogP contribution in [0.2, 0.25) is 0 Å². The number of aromatic nitrogens is 2. The summed E-state index contributed by atoms with van der Waals surface area (Å²) in [6, 6.07) is 47.8. The van der Waals surface area contributed by atoms with Gasteiger partial charge >= 0.3 is 21.1 Å². The second kappa shape index (κ2) is 10.9. The van der Waals surface area contributed by atoms with Crippen LogP contribution in [0, 0.1) is 26.0 Å². The van der Waals surface area contributed by atoms with E-state index in [1.54, 1.807) is 0 Å². The van der Waals surface area contributed by atoms with E-state index in [4.69, 9.17) is 14.7 Å². The van der Waals surface area contributed by atoms with E-state index >= 15 is 0 Å². The van der Waals surface area contributed by atoms with E-state index in [1.165, 1.54) is 0 Å². The SMILES string of the molecule is Cc1ccc2c(c1)C(c1cccc(-c3[c-]cccc3)n1)(c1cccc(-c3[c-]cccc3)n1)c1cc(C)ccc1O2.[Pt+2]. The number of nitrogens with zero attached hydrogens (tertiary/aromatic N) is 2. The van der Waals surface area contributed by atoms with E-state index in [-0.39, 0.29) is 21.1 Å². The van der Waals surface area contributed by atoms with Crippen LogP contribution in [0.3, 0.4) is 0 Å². The monoisotopic (exact) mass is 709 g/mol. The number of fused-ring (bicyclic) bond motifs is 2. The van der Waals surface area contributed by atoms with Crippen LogP contribution in [0.1, 0.15) is 33.6 Å². The molecule has 0 N–H and O–H groups in total. The molecule has 0 unspecified atom stereocenters. The molecule has 2 aromatic heterocycles. The number of aryl methyl sites for hydroxylation is 2. The van der Waals surface area contributed by atoms with Crippen molar-refractivity contribution in [3.8, 4) is 34.0 Å². The fourth-order valence-corrected chi connectivity index (χ4v) is 5.69. The molecule has 6 aromatic rings. The Morgan fingerprint density at radius 2 is 1.05 bits per heavy atom. The Morgan fingerprint density at radius 1 is 0.561 bits per heavy atom. The van der Waals surface area contributed by atoms with Gasteiger partial charge in [0.15, 0.2) is 0 Å². The number of hydrogen-bond acceptors (Lipinski definition) is 3. The zero-order chi connectivity index (χ0) is 27.1. The molecule has 0 amide bonds. The summed E-state index contributed by atoms with van der Waals surface area (Å²) in [5, 5.41) is 0. The average molecular weight is 710 g/mol. The molecule has 3 nitrogen and oxygen atoms in total. The fraction of sp³-hybridized carbons (Fsp3) is 0.0811. The van der Waals surface area contributed by atoms with Gasteiger partial charge in [0.05, 0.1) is 11.4 Å². The largest absolute Gasteiger partial charge is 2.00 e. The summed E-state index contributed by atoms with van der Waals surface area (Å²) in [5.74, 6) is 1.61. The summed E-state index contributed by atoms with van der Waals surface area (Å²) in [6.45, 7) is 4.23. The van der Waals surface area contributed by atoms with Crippen LogP contribution in [0.25, 0.3) is 22.5 Å². The minimum absolute atomic E-state index is 0. The molecule has 0 bridgehead atoms. The molecule has 0 spiro atoms. The van der Waals surface area contributed by atoms with Gasteiger partial charge in [-0.1, -0.05) is 59.7 Å². The first-order valence-corrected chi connectivity index (χ1v) is 13.4. The van der Waals surface area contributed by atoms with Crippen LogP contribution in [0.5, 0.6) is 11.5 Å². The molecule has 4 heteroatoms. The van der Waals surface area contributed by atoms with Crippen molar-refractivity contribution in [2.75, 3.05) is 0 Å². The molecule has 3 heterocycles. The maximum Gasteiger partial charge on any atom is 2.00 e. The Kier molecular flexibility index (Phi) is 7.15. The number of hydrogen-bond donors (Lipinski definition) is 0. The van der Waals surface area contributed by atoms with Crippen LogP contribution in [-0.2, 0) is 26.5 Å². The molecule has 1 aliphatic heterocycles. The number of rotatable bonds is 4. The smallest absolute Gasteiger partial charge is 0.457 e. The van der Waals surface area contributed by atoms with E-state index in [2.05, 4.69) is 86.6 Å². The number of benzene rings is 4. The van der Waals surface area contributed by atoms with Crippen molar-refractivity contribution in [3.63, 3.8) is 0 Å². The Labute approximate surface area is 255 Å². The topological polar surface area (TPSA) is 35.0 Å². The third kappa shape index (κ3) is 4.61. The third-order valence-electron chi connectivity index (χ3n) is 7.53. The van der Waals surface area contributed by atoms with E-state index in [9.17, 15) is 0 Å². The van der Waals surface area contributed by atoms with Crippen molar-refractivity contribution >= 4 is 0 Å². The normalized spacial score (nSPS) is 12.8. The Hall–Kier alpha value is -4.33. The van der Waals surface area contributed by atoms with Crippen LogP contribution in [0.4, 0.5) is 0 Å². The molecular formula is C37H26N2OPt. The van der Waals surface area contributed by atoms with Crippen LogP contribution >= 0.6 is 0 Å². The summed E-state index contributed by atoms with van der Waals surface area (Å²) in [7, 11) is 0. The van der Waals surface area contributed by atoms with Gasteiger partial charge in [-0.25, -0.2) is 0 Å². The van der Waals surface area contributed by atoms with Gasteiger partial charge in [-0.3, -0.25) is 9.97 Å². The maximum absolute atomic E-state index is 6.55. The summed E-state index contributed by atoms with van der Waals surface area (Å²) in [4.78, 5) is 10.7. The van der Waals surface area contributed by atoms with Crippen LogP contribution in [0.15, 0.2) is 121 Å². The van der Waals surface area contributed by atoms with Crippen molar-refractivity contribution in [2.45, 2.75) is 19.3 Å². The molecular weight excluding hydrogens is 683 g/mol. The molecule has 0 atom stereocenters. The van der Waals surface area contributed by atoms with Crippen LogP contribution < -0.4 is 4.74 Å². The first-order chi connectivity index (χ1) is 19.6. The van der Waals surface area contributed by atoms with E-state index in [0.29, 0.717) is 0 Å². The second-order valence-electron chi connectivity index (χ2n) is 10.2. The maximum atomic E-state index is 6.55. The van der Waals surface area contributed by atoms with Gasteiger partial charge in [0.25, 0.3) is 0 Å². The Bertz CT molecular complexity index is 1710. The molecule has 0 aliphatic carbocycles. The van der Waals surface area contributed by atoms with Gasteiger partial charge in [-0.15, -0.1) is 71.8 Å².